The molecule has 0 N–H and O–H groups in total. The molecule has 0 bridgehead atoms. The topological polar surface area (TPSA) is 35.5 Å². The van der Waals surface area contributed by atoms with Crippen molar-refractivity contribution in [2.45, 2.75) is 26.2 Å². The van der Waals surface area contributed by atoms with Crippen LogP contribution in [0.25, 0.3) is 0 Å². The van der Waals surface area contributed by atoms with E-state index in [2.05, 4.69) is 23.7 Å². The molecule has 0 amide bonds. The normalized spacial score (nSPS) is 11.1. The molecule has 0 aliphatic heterocycles. The molecule has 0 fully saturated rings. The predicted molar refractivity (Wildman–Crippen MR) is 78.9 cm³/mol. The summed E-state index contributed by atoms with van der Waals surface area (Å²) in [7, 11) is 0. The van der Waals surface area contributed by atoms with Crippen LogP contribution in [0.4, 0.5) is 4.79 Å². The Bertz CT molecular complexity index is 442. The molecule has 1 atom stereocenters. The Morgan fingerprint density at radius 3 is 2.61 bits per heavy atom. The molecule has 1 aromatic rings. The maximum Gasteiger partial charge on any atom is 0.514 e. The van der Waals surface area contributed by atoms with E-state index >= 15 is 0 Å². The average molecular weight is 358 g/mol. The number of hydrogen-bond donors (Lipinski definition) is 0. The van der Waals surface area contributed by atoms with E-state index in [1.807, 2.05) is 34.7 Å². The molecule has 0 aromatic heterocycles. The molecule has 3 nitrogen and oxygen atoms in total. The van der Waals surface area contributed by atoms with Crippen LogP contribution in [0.15, 0.2) is 24.3 Å². The van der Waals surface area contributed by atoms with Crippen molar-refractivity contribution in [2.75, 3.05) is 6.61 Å². The summed E-state index contributed by atoms with van der Waals surface area (Å²) in [4.78, 5) is 11.2. The number of benzene rings is 1. The van der Waals surface area contributed by atoms with Gasteiger partial charge in [0.05, 0.1) is 0 Å². The van der Waals surface area contributed by atoms with Gasteiger partial charge in [-0.3, -0.25) is 0 Å². The van der Waals surface area contributed by atoms with Gasteiger partial charge >= 0.3 is 6.16 Å². The first-order valence-electron chi connectivity index (χ1n) is 5.70. The third kappa shape index (κ3) is 4.96. The second kappa shape index (κ2) is 7.98. The van der Waals surface area contributed by atoms with E-state index in [-0.39, 0.29) is 6.61 Å². The Balaban J connectivity index is 2.52. The Hall–Kier alpha value is -1.22. The van der Waals surface area contributed by atoms with Crippen molar-refractivity contribution >= 4 is 28.7 Å². The standard InChI is InChI=1S/C14H15IO3/c1-3-11(2)12-5-7-13(8-6-12)18-14(16)17-10-4-9-15/h5-8,11H,3,10H2,1-2H3. The highest BCUT2D eigenvalue weighted by Crippen LogP contribution is 2.21. The number of hydrogen-bond acceptors (Lipinski definition) is 3. The molecule has 0 aliphatic carbocycles. The molecule has 0 radical (unpaired) electrons. The molecule has 0 saturated carbocycles. The fourth-order valence-electron chi connectivity index (χ4n) is 1.35. The lowest BCUT2D eigenvalue weighted by Crippen LogP contribution is -2.10. The van der Waals surface area contributed by atoms with Crippen LogP contribution in [0.2, 0.25) is 0 Å². The van der Waals surface area contributed by atoms with Gasteiger partial charge in [-0.25, -0.2) is 4.79 Å². The molecule has 1 rings (SSSR count). The minimum Gasteiger partial charge on any atom is -0.421 e. The van der Waals surface area contributed by atoms with Crippen LogP contribution < -0.4 is 4.74 Å². The largest absolute Gasteiger partial charge is 0.514 e. The maximum absolute atomic E-state index is 11.2. The van der Waals surface area contributed by atoms with Gasteiger partial charge in [0.15, 0.2) is 6.61 Å². The molecule has 4 heteroatoms. The number of ether oxygens (including phenoxy) is 2. The van der Waals surface area contributed by atoms with E-state index in [1.165, 1.54) is 5.56 Å². The van der Waals surface area contributed by atoms with Gasteiger partial charge in [-0.1, -0.05) is 31.9 Å². The highest BCUT2D eigenvalue weighted by molar-refractivity contribution is 14.1. The van der Waals surface area contributed by atoms with Crippen molar-refractivity contribution in [3.05, 3.63) is 29.8 Å². The van der Waals surface area contributed by atoms with E-state index in [0.29, 0.717) is 11.7 Å². The molecule has 96 valence electrons. The van der Waals surface area contributed by atoms with Crippen LogP contribution in [0.5, 0.6) is 5.75 Å². The van der Waals surface area contributed by atoms with Crippen molar-refractivity contribution in [2.24, 2.45) is 0 Å². The molecule has 0 spiro atoms. The van der Waals surface area contributed by atoms with E-state index in [1.54, 1.807) is 12.1 Å². The first-order chi connectivity index (χ1) is 8.67. The highest BCUT2D eigenvalue weighted by Gasteiger charge is 2.06. The first-order valence-corrected chi connectivity index (χ1v) is 6.78. The van der Waals surface area contributed by atoms with Crippen LogP contribution in [-0.2, 0) is 4.74 Å². The van der Waals surface area contributed by atoms with Gasteiger partial charge in [0.2, 0.25) is 0 Å². The fraction of sp³-hybridized carbons (Fsp3) is 0.357. The second-order valence-corrected chi connectivity index (χ2v) is 4.33. The van der Waals surface area contributed by atoms with Crippen LogP contribution in [0.3, 0.4) is 0 Å². The van der Waals surface area contributed by atoms with Gasteiger partial charge in [0.25, 0.3) is 0 Å². The van der Waals surface area contributed by atoms with E-state index in [4.69, 9.17) is 9.47 Å². The Morgan fingerprint density at radius 2 is 2.06 bits per heavy atom. The quantitative estimate of drug-likeness (QED) is 0.352. The molecule has 18 heavy (non-hydrogen) atoms. The zero-order valence-electron chi connectivity index (χ0n) is 10.4. The van der Waals surface area contributed by atoms with Gasteiger partial charge < -0.3 is 9.47 Å². The molecular formula is C14H15IO3. The van der Waals surface area contributed by atoms with Crippen LogP contribution >= 0.6 is 22.6 Å². The van der Waals surface area contributed by atoms with Gasteiger partial charge in [-0.05, 0) is 34.0 Å². The van der Waals surface area contributed by atoms with Crippen LogP contribution in [-0.4, -0.2) is 12.8 Å². The lowest BCUT2D eigenvalue weighted by atomic mass is 9.99. The van der Waals surface area contributed by atoms with Gasteiger partial charge in [0.1, 0.15) is 5.75 Å². The molecule has 0 saturated heterocycles. The summed E-state index contributed by atoms with van der Waals surface area (Å²) >= 11 is 1.88. The number of carbonyl (C=O) groups excluding carboxylic acids is 1. The summed E-state index contributed by atoms with van der Waals surface area (Å²) < 4.78 is 12.3. The Labute approximate surface area is 121 Å². The number of carbonyl (C=O) groups is 1. The summed E-state index contributed by atoms with van der Waals surface area (Å²) in [6.45, 7) is 4.35. The fourth-order valence-corrected chi connectivity index (χ4v) is 1.50. The van der Waals surface area contributed by atoms with E-state index < -0.39 is 6.16 Å². The smallest absolute Gasteiger partial charge is 0.421 e. The first kappa shape index (κ1) is 14.8. The third-order valence-corrected chi connectivity index (χ3v) is 2.97. The highest BCUT2D eigenvalue weighted by atomic mass is 127. The Morgan fingerprint density at radius 1 is 1.39 bits per heavy atom. The lowest BCUT2D eigenvalue weighted by molar-refractivity contribution is 0.111. The molecule has 0 aliphatic rings. The summed E-state index contributed by atoms with van der Waals surface area (Å²) in [5, 5.41) is 0. The summed E-state index contributed by atoms with van der Waals surface area (Å²) in [5.74, 6) is 3.60. The zero-order valence-corrected chi connectivity index (χ0v) is 12.6. The SMILES string of the molecule is CCC(C)c1ccc(OC(=O)OCC#CI)cc1. The maximum atomic E-state index is 11.2. The van der Waals surface area contributed by atoms with Gasteiger partial charge in [0, 0.05) is 22.6 Å². The molecule has 0 heterocycles. The van der Waals surface area contributed by atoms with Crippen molar-refractivity contribution in [1.29, 1.82) is 0 Å². The van der Waals surface area contributed by atoms with Crippen molar-refractivity contribution in [1.82, 2.24) is 0 Å². The molecule has 1 unspecified atom stereocenters. The summed E-state index contributed by atoms with van der Waals surface area (Å²) in [5.41, 5.74) is 1.23. The van der Waals surface area contributed by atoms with Crippen LogP contribution in [0.1, 0.15) is 31.7 Å². The predicted octanol–water partition coefficient (Wildman–Crippen LogP) is 4.11. The van der Waals surface area contributed by atoms with E-state index in [0.717, 1.165) is 6.42 Å². The van der Waals surface area contributed by atoms with Crippen LogP contribution in [0, 0.1) is 9.85 Å². The molecule has 1 aromatic carbocycles. The minimum absolute atomic E-state index is 0.0483. The molecular weight excluding hydrogens is 343 g/mol. The summed E-state index contributed by atoms with van der Waals surface area (Å²) in [6.07, 6.45) is 0.349. The number of rotatable bonds is 4. The average Bonchev–Trinajstić information content (AvgIpc) is 2.39. The lowest BCUT2D eigenvalue weighted by Gasteiger charge is -2.09. The monoisotopic (exact) mass is 358 g/mol. The summed E-state index contributed by atoms with van der Waals surface area (Å²) in [6, 6.07) is 7.46. The van der Waals surface area contributed by atoms with Crippen molar-refractivity contribution in [3.63, 3.8) is 0 Å². The van der Waals surface area contributed by atoms with Gasteiger partial charge in [-0.2, -0.15) is 0 Å². The van der Waals surface area contributed by atoms with Crippen molar-refractivity contribution < 1.29 is 14.3 Å². The number of halogens is 1. The third-order valence-electron chi connectivity index (χ3n) is 2.59. The minimum atomic E-state index is -0.731. The second-order valence-electron chi connectivity index (χ2n) is 3.79. The Kier molecular flexibility index (Phi) is 6.58. The van der Waals surface area contributed by atoms with Crippen molar-refractivity contribution in [3.8, 4) is 15.6 Å². The van der Waals surface area contributed by atoms with E-state index in [9.17, 15) is 4.79 Å². The zero-order chi connectivity index (χ0) is 13.4. The van der Waals surface area contributed by atoms with Gasteiger partial charge in [-0.15, -0.1) is 0 Å².